The summed E-state index contributed by atoms with van der Waals surface area (Å²) < 4.78 is 5.07. The molecule has 2 aliphatic carbocycles. The highest BCUT2D eigenvalue weighted by atomic mass is 35.5. The minimum atomic E-state index is -0.715. The van der Waals surface area contributed by atoms with Gasteiger partial charge in [0, 0.05) is 0 Å². The Morgan fingerprint density at radius 3 is 2.50 bits per heavy atom. The summed E-state index contributed by atoms with van der Waals surface area (Å²) >= 11 is 12.0. The van der Waals surface area contributed by atoms with Gasteiger partial charge in [0.1, 0.15) is 0 Å². The minimum absolute atomic E-state index is 0.124. The van der Waals surface area contributed by atoms with E-state index in [0.29, 0.717) is 11.4 Å². The van der Waals surface area contributed by atoms with E-state index in [4.69, 9.17) is 27.9 Å². The molecule has 4 atom stereocenters. The zero-order valence-corrected chi connectivity index (χ0v) is 19.6. The molecule has 1 aliphatic heterocycles. The number of rotatable bonds is 5. The zero-order chi connectivity index (χ0) is 24.1. The second kappa shape index (κ2) is 8.56. The Bertz CT molecular complexity index is 1260. The Hall–Kier alpha value is -3.16. The molecule has 0 aromatic heterocycles. The lowest BCUT2D eigenvalue weighted by Gasteiger charge is -2.19. The lowest BCUT2D eigenvalue weighted by Crippen LogP contribution is -2.33. The molecule has 5 rings (SSSR count). The van der Waals surface area contributed by atoms with Crippen LogP contribution in [0, 0.1) is 23.7 Å². The van der Waals surface area contributed by atoms with Gasteiger partial charge in [0.05, 0.1) is 38.8 Å². The largest absolute Gasteiger partial charge is 0.452 e. The number of hydrogen-bond donors (Lipinski definition) is 1. The number of carbonyl (C=O) groups is 4. The molecule has 3 aliphatic rings. The Labute approximate surface area is 205 Å². The van der Waals surface area contributed by atoms with Gasteiger partial charge in [-0.2, -0.15) is 0 Å². The summed E-state index contributed by atoms with van der Waals surface area (Å²) in [6.07, 6.45) is 2.99. The average Bonchev–Trinajstić information content (AvgIpc) is 3.45. The molecule has 2 aromatic rings. The van der Waals surface area contributed by atoms with E-state index in [1.165, 1.54) is 22.6 Å². The molecule has 9 heteroatoms. The molecular weight excluding hydrogens is 479 g/mol. The maximum Gasteiger partial charge on any atom is 0.338 e. The topological polar surface area (TPSA) is 92.8 Å². The first-order valence-corrected chi connectivity index (χ1v) is 11.6. The standard InChI is InChI=1S/C25H20Cl2N2O5/c1-12-9-14-10-16(12)21-20(14)23(31)29(24(21)32)15-7-5-13(6-8-15)25(33)34-11-19(30)28-18-4-2-3-17(26)22(18)27/h2-9,14,16,20-21H,10-11H2,1H3,(H,28,30)/t14-,16+,20+,21-/m0/s1. The second-order valence-electron chi connectivity index (χ2n) is 8.75. The normalized spacial score (nSPS) is 24.8. The van der Waals surface area contributed by atoms with Crippen molar-refractivity contribution in [2.75, 3.05) is 16.8 Å². The van der Waals surface area contributed by atoms with E-state index in [1.54, 1.807) is 30.3 Å². The number of halogens is 2. The Morgan fingerprint density at radius 2 is 1.76 bits per heavy atom. The SMILES string of the molecule is CC1=C[C@H]2C[C@H]1[C@@H]1C(=O)N(c3ccc(C(=O)OCC(=O)Nc4cccc(Cl)c4Cl)cc3)C(=O)[C@@H]12. The number of anilines is 2. The Morgan fingerprint density at radius 1 is 1.06 bits per heavy atom. The van der Waals surface area contributed by atoms with E-state index < -0.39 is 18.5 Å². The lowest BCUT2D eigenvalue weighted by atomic mass is 9.82. The number of nitrogens with zero attached hydrogens (tertiary/aromatic N) is 1. The number of hydrogen-bond acceptors (Lipinski definition) is 5. The number of imide groups is 1. The molecule has 1 saturated heterocycles. The van der Waals surface area contributed by atoms with Crippen molar-refractivity contribution >= 4 is 58.3 Å². The van der Waals surface area contributed by atoms with Crippen molar-refractivity contribution in [2.24, 2.45) is 23.7 Å². The molecule has 2 bridgehead atoms. The van der Waals surface area contributed by atoms with Crippen LogP contribution in [0.3, 0.4) is 0 Å². The van der Waals surface area contributed by atoms with Crippen LogP contribution in [0.25, 0.3) is 0 Å². The van der Waals surface area contributed by atoms with Gasteiger partial charge in [0.2, 0.25) is 11.8 Å². The van der Waals surface area contributed by atoms with E-state index in [0.717, 1.165) is 6.42 Å². The Balaban J connectivity index is 1.21. The third-order valence-corrected chi connectivity index (χ3v) is 7.62. The van der Waals surface area contributed by atoms with Crippen LogP contribution in [0.5, 0.6) is 0 Å². The zero-order valence-electron chi connectivity index (χ0n) is 18.1. The molecule has 174 valence electrons. The van der Waals surface area contributed by atoms with Gasteiger partial charge in [-0.3, -0.25) is 19.3 Å². The van der Waals surface area contributed by atoms with Gasteiger partial charge in [0.25, 0.3) is 5.91 Å². The summed E-state index contributed by atoms with van der Waals surface area (Å²) in [5, 5.41) is 3.00. The van der Waals surface area contributed by atoms with Gasteiger partial charge in [-0.15, -0.1) is 0 Å². The van der Waals surface area contributed by atoms with Gasteiger partial charge in [-0.25, -0.2) is 4.79 Å². The highest BCUT2D eigenvalue weighted by molar-refractivity contribution is 6.44. The van der Waals surface area contributed by atoms with Crippen LogP contribution in [0.1, 0.15) is 23.7 Å². The van der Waals surface area contributed by atoms with Crippen LogP contribution in [-0.2, 0) is 19.1 Å². The fourth-order valence-electron chi connectivity index (χ4n) is 5.28. The highest BCUT2D eigenvalue weighted by Crippen LogP contribution is 2.55. The van der Waals surface area contributed by atoms with E-state index in [1.807, 2.05) is 6.92 Å². The first kappa shape index (κ1) is 22.6. The summed E-state index contributed by atoms with van der Waals surface area (Å²) in [6.45, 7) is 1.50. The molecule has 1 heterocycles. The molecule has 2 fully saturated rings. The number of allylic oxidation sites excluding steroid dienone is 2. The van der Waals surface area contributed by atoms with Crippen LogP contribution in [0.15, 0.2) is 54.1 Å². The number of ether oxygens (including phenoxy) is 1. The maximum absolute atomic E-state index is 13.0. The maximum atomic E-state index is 13.0. The lowest BCUT2D eigenvalue weighted by molar-refractivity contribution is -0.123. The van der Waals surface area contributed by atoms with Crippen molar-refractivity contribution in [1.82, 2.24) is 0 Å². The van der Waals surface area contributed by atoms with Crippen LogP contribution >= 0.6 is 23.2 Å². The smallest absolute Gasteiger partial charge is 0.338 e. The number of esters is 1. The van der Waals surface area contributed by atoms with Gasteiger partial charge < -0.3 is 10.1 Å². The molecule has 1 N–H and O–H groups in total. The monoisotopic (exact) mass is 498 g/mol. The first-order valence-electron chi connectivity index (χ1n) is 10.8. The quantitative estimate of drug-likeness (QED) is 0.372. The molecule has 34 heavy (non-hydrogen) atoms. The summed E-state index contributed by atoms with van der Waals surface area (Å²) in [6, 6.07) is 10.8. The summed E-state index contributed by atoms with van der Waals surface area (Å²) in [5.74, 6) is -1.98. The van der Waals surface area contributed by atoms with E-state index >= 15 is 0 Å². The van der Waals surface area contributed by atoms with E-state index in [2.05, 4.69) is 11.4 Å². The molecule has 1 saturated carbocycles. The molecule has 0 radical (unpaired) electrons. The molecule has 3 amide bonds. The number of nitrogens with one attached hydrogen (secondary N) is 1. The molecule has 0 unspecified atom stereocenters. The molecule has 2 aromatic carbocycles. The minimum Gasteiger partial charge on any atom is -0.452 e. The predicted molar refractivity (Wildman–Crippen MR) is 127 cm³/mol. The first-order chi connectivity index (χ1) is 16.3. The summed E-state index contributed by atoms with van der Waals surface area (Å²) in [5.41, 5.74) is 2.11. The van der Waals surface area contributed by atoms with Crippen molar-refractivity contribution in [3.05, 3.63) is 69.7 Å². The van der Waals surface area contributed by atoms with Crippen molar-refractivity contribution in [3.8, 4) is 0 Å². The summed E-state index contributed by atoms with van der Waals surface area (Å²) in [4.78, 5) is 51.8. The number of amides is 3. The van der Waals surface area contributed by atoms with Crippen molar-refractivity contribution in [1.29, 1.82) is 0 Å². The highest BCUT2D eigenvalue weighted by Gasteiger charge is 2.60. The predicted octanol–water partition coefficient (Wildman–Crippen LogP) is 4.49. The van der Waals surface area contributed by atoms with E-state index in [9.17, 15) is 19.2 Å². The van der Waals surface area contributed by atoms with Crippen LogP contribution < -0.4 is 10.2 Å². The van der Waals surface area contributed by atoms with Gasteiger partial charge >= 0.3 is 5.97 Å². The summed E-state index contributed by atoms with van der Waals surface area (Å²) in [7, 11) is 0. The van der Waals surface area contributed by atoms with Crippen molar-refractivity contribution in [2.45, 2.75) is 13.3 Å². The van der Waals surface area contributed by atoms with Crippen LogP contribution in [-0.4, -0.2) is 30.3 Å². The van der Waals surface area contributed by atoms with Gasteiger partial charge in [-0.05, 0) is 61.6 Å². The fourth-order valence-corrected chi connectivity index (χ4v) is 5.62. The molecular formula is C25H20Cl2N2O5. The fraction of sp³-hybridized carbons (Fsp3) is 0.280. The van der Waals surface area contributed by atoms with Gasteiger partial charge in [0.15, 0.2) is 6.61 Å². The average molecular weight is 499 g/mol. The third kappa shape index (κ3) is 3.69. The van der Waals surface area contributed by atoms with Crippen LogP contribution in [0.2, 0.25) is 10.0 Å². The van der Waals surface area contributed by atoms with Crippen molar-refractivity contribution in [3.63, 3.8) is 0 Å². The van der Waals surface area contributed by atoms with Crippen molar-refractivity contribution < 1.29 is 23.9 Å². The van der Waals surface area contributed by atoms with Crippen LogP contribution in [0.4, 0.5) is 11.4 Å². The molecule has 0 spiro atoms. The number of fused-ring (bicyclic) bond motifs is 5. The van der Waals surface area contributed by atoms with E-state index in [-0.39, 0.29) is 51.1 Å². The molecule has 7 nitrogen and oxygen atoms in total. The number of carbonyl (C=O) groups excluding carboxylic acids is 4. The Kier molecular flexibility index (Phi) is 5.70. The number of benzene rings is 2. The van der Waals surface area contributed by atoms with Gasteiger partial charge in [-0.1, -0.05) is 40.9 Å². The third-order valence-electron chi connectivity index (χ3n) is 6.80. The second-order valence-corrected chi connectivity index (χ2v) is 9.54.